The molecule has 0 aliphatic carbocycles. The van der Waals surface area contributed by atoms with Crippen molar-refractivity contribution in [2.24, 2.45) is 5.10 Å². The number of nitrogens with one attached hydrogen (secondary N) is 1. The Morgan fingerprint density at radius 3 is 2.45 bits per heavy atom. The van der Waals surface area contributed by atoms with Gasteiger partial charge in [0.2, 0.25) is 0 Å². The lowest BCUT2D eigenvalue weighted by atomic mass is 10.1. The third-order valence-electron chi connectivity index (χ3n) is 4.99. The fraction of sp³-hybridized carbons (Fsp3) is 0.240. The third-order valence-corrected chi connectivity index (χ3v) is 4.99. The fourth-order valence-corrected chi connectivity index (χ4v) is 3.01. The molecule has 0 bridgehead atoms. The largest absolute Gasteiger partial charge is 0.493 e. The van der Waals surface area contributed by atoms with Gasteiger partial charge in [-0.25, -0.2) is 0 Å². The van der Waals surface area contributed by atoms with E-state index in [1.165, 1.54) is 23.3 Å². The van der Waals surface area contributed by atoms with Gasteiger partial charge in [-0.05, 0) is 61.4 Å². The van der Waals surface area contributed by atoms with Crippen molar-refractivity contribution < 1.29 is 19.1 Å². The van der Waals surface area contributed by atoms with Gasteiger partial charge in [-0.2, -0.15) is 5.10 Å². The van der Waals surface area contributed by atoms with Crippen molar-refractivity contribution in [3.8, 4) is 17.2 Å². The molecule has 0 amide bonds. The van der Waals surface area contributed by atoms with Gasteiger partial charge in [-0.1, -0.05) is 12.1 Å². The van der Waals surface area contributed by atoms with Gasteiger partial charge in [0.15, 0.2) is 11.5 Å². The van der Waals surface area contributed by atoms with Crippen LogP contribution in [0.4, 0.5) is 11.4 Å². The monoisotopic (exact) mass is 449 g/mol. The number of ether oxygens (including phenoxy) is 3. The van der Waals surface area contributed by atoms with Crippen LogP contribution >= 0.6 is 0 Å². The number of nitro groups is 1. The average molecular weight is 450 g/mol. The van der Waals surface area contributed by atoms with Gasteiger partial charge in [0, 0.05) is 24.1 Å². The molecule has 3 aromatic rings. The Morgan fingerprint density at radius 1 is 1.00 bits per heavy atom. The van der Waals surface area contributed by atoms with Crippen molar-refractivity contribution in [3.05, 3.63) is 87.5 Å². The maximum atomic E-state index is 10.8. The van der Waals surface area contributed by atoms with Gasteiger partial charge >= 0.3 is 0 Å². The highest BCUT2D eigenvalue weighted by Gasteiger charge is 2.10. The van der Waals surface area contributed by atoms with Crippen LogP contribution in [0.15, 0.2) is 65.8 Å². The number of methoxy groups -OCH3 is 1. The highest BCUT2D eigenvalue weighted by molar-refractivity contribution is 5.85. The highest BCUT2D eigenvalue weighted by atomic mass is 16.6. The second kappa shape index (κ2) is 11.5. The first-order valence-corrected chi connectivity index (χ1v) is 10.5. The number of benzene rings is 3. The van der Waals surface area contributed by atoms with E-state index in [4.69, 9.17) is 14.2 Å². The second-order valence-electron chi connectivity index (χ2n) is 7.35. The van der Waals surface area contributed by atoms with Crippen molar-refractivity contribution in [2.45, 2.75) is 20.3 Å². The molecular weight excluding hydrogens is 422 g/mol. The maximum absolute atomic E-state index is 10.8. The summed E-state index contributed by atoms with van der Waals surface area (Å²) in [5.41, 5.74) is 6.68. The predicted molar refractivity (Wildman–Crippen MR) is 129 cm³/mol. The molecule has 172 valence electrons. The van der Waals surface area contributed by atoms with Crippen LogP contribution in [-0.4, -0.2) is 31.5 Å². The Bertz CT molecular complexity index is 1110. The molecule has 0 fully saturated rings. The Labute approximate surface area is 193 Å². The van der Waals surface area contributed by atoms with E-state index in [2.05, 4.69) is 24.4 Å². The molecule has 0 unspecified atom stereocenters. The van der Waals surface area contributed by atoms with Crippen LogP contribution in [0.5, 0.6) is 17.2 Å². The molecule has 3 aromatic carbocycles. The molecule has 0 saturated heterocycles. The van der Waals surface area contributed by atoms with E-state index in [1.54, 1.807) is 25.5 Å². The second-order valence-corrected chi connectivity index (χ2v) is 7.35. The molecule has 0 aromatic heterocycles. The first-order chi connectivity index (χ1) is 16.0. The minimum Gasteiger partial charge on any atom is -0.493 e. The zero-order chi connectivity index (χ0) is 23.6. The summed E-state index contributed by atoms with van der Waals surface area (Å²) in [4.78, 5) is 10.3. The number of aryl methyl sites for hydroxylation is 2. The number of para-hydroxylation sites is 1. The minimum absolute atomic E-state index is 0.0227. The van der Waals surface area contributed by atoms with Crippen LogP contribution in [0.3, 0.4) is 0 Å². The summed E-state index contributed by atoms with van der Waals surface area (Å²) < 4.78 is 17.2. The van der Waals surface area contributed by atoms with Gasteiger partial charge in [-0.15, -0.1) is 0 Å². The van der Waals surface area contributed by atoms with Crippen LogP contribution in [0.2, 0.25) is 0 Å². The van der Waals surface area contributed by atoms with Crippen LogP contribution in [0.25, 0.3) is 0 Å². The van der Waals surface area contributed by atoms with Crippen LogP contribution in [0.1, 0.15) is 23.1 Å². The Kier molecular flexibility index (Phi) is 8.24. The fourth-order valence-electron chi connectivity index (χ4n) is 3.01. The molecule has 0 spiro atoms. The smallest absolute Gasteiger partial charge is 0.269 e. The van der Waals surface area contributed by atoms with Gasteiger partial charge < -0.3 is 14.2 Å². The molecule has 0 saturated carbocycles. The molecule has 8 heteroatoms. The lowest BCUT2D eigenvalue weighted by molar-refractivity contribution is -0.384. The predicted octanol–water partition coefficient (Wildman–Crippen LogP) is 5.51. The number of nitro benzene ring substituents is 1. The summed E-state index contributed by atoms with van der Waals surface area (Å²) in [6.45, 7) is 5.11. The van der Waals surface area contributed by atoms with Crippen molar-refractivity contribution in [1.29, 1.82) is 0 Å². The first kappa shape index (κ1) is 23.6. The van der Waals surface area contributed by atoms with Crippen molar-refractivity contribution >= 4 is 17.6 Å². The number of non-ortho nitro benzene ring substituents is 1. The van der Waals surface area contributed by atoms with E-state index in [0.29, 0.717) is 36.8 Å². The summed E-state index contributed by atoms with van der Waals surface area (Å²) in [5.74, 6) is 2.03. The number of nitrogens with zero attached hydrogens (tertiary/aromatic N) is 2. The number of hydrogen-bond donors (Lipinski definition) is 1. The zero-order valence-electron chi connectivity index (χ0n) is 18.9. The van der Waals surface area contributed by atoms with Gasteiger partial charge in [0.25, 0.3) is 5.69 Å². The van der Waals surface area contributed by atoms with Crippen molar-refractivity contribution in [2.75, 3.05) is 25.7 Å². The molecule has 33 heavy (non-hydrogen) atoms. The summed E-state index contributed by atoms with van der Waals surface area (Å²) in [7, 11) is 1.58. The van der Waals surface area contributed by atoms with E-state index < -0.39 is 4.92 Å². The molecule has 8 nitrogen and oxygen atoms in total. The average Bonchev–Trinajstić information content (AvgIpc) is 2.82. The van der Waals surface area contributed by atoms with Crippen molar-refractivity contribution in [1.82, 2.24) is 0 Å². The van der Waals surface area contributed by atoms with Crippen LogP contribution < -0.4 is 19.6 Å². The van der Waals surface area contributed by atoms with Crippen LogP contribution in [0, 0.1) is 24.0 Å². The lowest BCUT2D eigenvalue weighted by Gasteiger charge is -2.13. The van der Waals surface area contributed by atoms with E-state index in [0.717, 1.165) is 11.3 Å². The van der Waals surface area contributed by atoms with Gasteiger partial charge in [0.05, 0.1) is 37.1 Å². The molecule has 0 radical (unpaired) electrons. The van der Waals surface area contributed by atoms with Gasteiger partial charge in [-0.3, -0.25) is 15.5 Å². The summed E-state index contributed by atoms with van der Waals surface area (Å²) in [6.07, 6.45) is 2.31. The van der Waals surface area contributed by atoms with E-state index >= 15 is 0 Å². The van der Waals surface area contributed by atoms with E-state index in [9.17, 15) is 10.1 Å². The number of hydrogen-bond acceptors (Lipinski definition) is 7. The molecule has 0 heterocycles. The quantitative estimate of drug-likeness (QED) is 0.179. The number of hydrazone groups is 1. The topological polar surface area (TPSA) is 95.2 Å². The Hall–Kier alpha value is -4.07. The first-order valence-electron chi connectivity index (χ1n) is 10.5. The third kappa shape index (κ3) is 6.70. The van der Waals surface area contributed by atoms with E-state index in [-0.39, 0.29) is 5.69 Å². The molecule has 0 aliphatic heterocycles. The highest BCUT2D eigenvalue weighted by Crippen LogP contribution is 2.30. The summed E-state index contributed by atoms with van der Waals surface area (Å²) >= 11 is 0. The van der Waals surface area contributed by atoms with Crippen LogP contribution in [-0.2, 0) is 0 Å². The zero-order valence-corrected chi connectivity index (χ0v) is 18.9. The van der Waals surface area contributed by atoms with Crippen molar-refractivity contribution in [3.63, 3.8) is 0 Å². The molecule has 0 atom stereocenters. The molecule has 3 rings (SSSR count). The normalized spacial score (nSPS) is 10.8. The van der Waals surface area contributed by atoms with Gasteiger partial charge in [0.1, 0.15) is 5.75 Å². The molecule has 0 aliphatic rings. The minimum atomic E-state index is -0.445. The molecule has 1 N–H and O–H groups in total. The Morgan fingerprint density at radius 2 is 1.76 bits per heavy atom. The summed E-state index contributed by atoms with van der Waals surface area (Å²) in [5, 5.41) is 15.0. The van der Waals surface area contributed by atoms with E-state index in [1.807, 2.05) is 36.4 Å². The summed E-state index contributed by atoms with van der Waals surface area (Å²) in [6, 6.07) is 17.6. The standard InChI is InChI=1S/C25H27N3O5/c1-18-8-13-23(16-19(18)2)32-14-5-15-33-25-20(6-4-7-24(25)31-3)17-26-27-21-9-11-22(12-10-21)28(29)30/h4,6-13,16-17,27H,5,14-15H2,1-3H3/b26-17-. The molecular formula is C25H27N3O5. The number of rotatable bonds is 11. The lowest BCUT2D eigenvalue weighted by Crippen LogP contribution is -2.07. The number of anilines is 1. The SMILES string of the molecule is COc1cccc(/C=N\Nc2ccc([N+](=O)[O-])cc2)c1OCCCOc1ccc(C)c(C)c1. The Balaban J connectivity index is 1.56. The maximum Gasteiger partial charge on any atom is 0.269 e.